The molecule has 0 aromatic carbocycles. The van der Waals surface area contributed by atoms with E-state index in [1.165, 1.54) is 0 Å². The van der Waals surface area contributed by atoms with Crippen LogP contribution < -0.4 is 0 Å². The highest BCUT2D eigenvalue weighted by Gasteiger charge is 2.28. The quantitative estimate of drug-likeness (QED) is 0.658. The number of aliphatic hydroxyl groups excluding tert-OH is 1. The Kier molecular flexibility index (Phi) is 3.31. The Labute approximate surface area is 79.7 Å². The maximum atomic E-state index is 11.1. The van der Waals surface area contributed by atoms with Crippen LogP contribution in [0.4, 0.5) is 0 Å². The fourth-order valence-corrected chi connectivity index (χ4v) is 1.85. The van der Waals surface area contributed by atoms with Crippen molar-refractivity contribution in [3.05, 3.63) is 0 Å². The first-order valence-corrected chi connectivity index (χ1v) is 4.94. The summed E-state index contributed by atoms with van der Waals surface area (Å²) in [6, 6.07) is 0. The molecule has 1 rings (SSSR count). The van der Waals surface area contributed by atoms with Crippen LogP contribution in [0.5, 0.6) is 0 Å². The number of β-amino-alcohol motifs (C(OH)–C–C–N with tert-alkyl or cyclic N) is 1. The van der Waals surface area contributed by atoms with Crippen LogP contribution in [0.25, 0.3) is 0 Å². The topological polar surface area (TPSA) is 40.5 Å². The van der Waals surface area contributed by atoms with E-state index in [0.717, 1.165) is 13.0 Å². The van der Waals surface area contributed by atoms with Crippen LogP contribution in [0, 0.1) is 11.8 Å². The molecular formula is C10H19NO2. The number of hydrogen-bond acceptors (Lipinski definition) is 2. The fourth-order valence-electron chi connectivity index (χ4n) is 1.85. The molecule has 1 aliphatic rings. The third-order valence-electron chi connectivity index (χ3n) is 2.85. The summed E-state index contributed by atoms with van der Waals surface area (Å²) in [4.78, 5) is 12.9. The van der Waals surface area contributed by atoms with Gasteiger partial charge in [0.25, 0.3) is 0 Å². The van der Waals surface area contributed by atoms with E-state index in [0.29, 0.717) is 18.4 Å². The van der Waals surface area contributed by atoms with E-state index in [2.05, 4.69) is 13.8 Å². The average molecular weight is 185 g/mol. The Hall–Kier alpha value is -0.570. The van der Waals surface area contributed by atoms with Crippen molar-refractivity contribution in [1.29, 1.82) is 0 Å². The largest absolute Gasteiger partial charge is 0.391 e. The van der Waals surface area contributed by atoms with Gasteiger partial charge in [0, 0.05) is 20.0 Å². The Morgan fingerprint density at radius 3 is 2.54 bits per heavy atom. The standard InChI is InChI=1S/C10H19NO2/c1-7(2)9-4-10(13)6-11(5-9)8(3)12/h7,9-10,13H,4-6H2,1-3H3. The first-order chi connectivity index (χ1) is 6.00. The minimum atomic E-state index is -0.329. The molecule has 0 aromatic rings. The maximum absolute atomic E-state index is 11.1. The number of likely N-dealkylation sites (tertiary alicyclic amines) is 1. The predicted molar refractivity (Wildman–Crippen MR) is 51.2 cm³/mol. The number of carbonyl (C=O) groups excluding carboxylic acids is 1. The predicted octanol–water partition coefficient (Wildman–Crippen LogP) is 0.872. The zero-order chi connectivity index (χ0) is 10.0. The molecule has 0 radical (unpaired) electrons. The Bertz CT molecular complexity index is 191. The lowest BCUT2D eigenvalue weighted by Gasteiger charge is -2.37. The van der Waals surface area contributed by atoms with E-state index in [1.54, 1.807) is 11.8 Å². The van der Waals surface area contributed by atoms with Gasteiger partial charge in [-0.15, -0.1) is 0 Å². The molecule has 0 aromatic heterocycles. The van der Waals surface area contributed by atoms with Crippen molar-refractivity contribution < 1.29 is 9.90 Å². The molecule has 1 saturated heterocycles. The van der Waals surface area contributed by atoms with Crippen LogP contribution in [-0.4, -0.2) is 35.1 Å². The molecule has 1 N–H and O–H groups in total. The van der Waals surface area contributed by atoms with Gasteiger partial charge in [-0.05, 0) is 18.3 Å². The minimum Gasteiger partial charge on any atom is -0.391 e. The molecule has 2 unspecified atom stereocenters. The second-order valence-corrected chi connectivity index (χ2v) is 4.32. The van der Waals surface area contributed by atoms with E-state index in [4.69, 9.17) is 0 Å². The highest BCUT2D eigenvalue weighted by molar-refractivity contribution is 5.73. The number of piperidine rings is 1. The molecule has 0 aliphatic carbocycles. The molecule has 1 amide bonds. The number of nitrogens with zero attached hydrogens (tertiary/aromatic N) is 1. The Morgan fingerprint density at radius 1 is 1.46 bits per heavy atom. The van der Waals surface area contributed by atoms with Crippen molar-refractivity contribution in [2.75, 3.05) is 13.1 Å². The summed E-state index contributed by atoms with van der Waals surface area (Å²) in [6.07, 6.45) is 0.506. The van der Waals surface area contributed by atoms with Gasteiger partial charge in [-0.25, -0.2) is 0 Å². The van der Waals surface area contributed by atoms with E-state index < -0.39 is 0 Å². The summed E-state index contributed by atoms with van der Waals surface area (Å²) in [5.41, 5.74) is 0. The van der Waals surface area contributed by atoms with Gasteiger partial charge >= 0.3 is 0 Å². The summed E-state index contributed by atoms with van der Waals surface area (Å²) < 4.78 is 0. The van der Waals surface area contributed by atoms with Crippen molar-refractivity contribution in [3.63, 3.8) is 0 Å². The van der Waals surface area contributed by atoms with Crippen LogP contribution in [0.1, 0.15) is 27.2 Å². The zero-order valence-electron chi connectivity index (χ0n) is 8.66. The van der Waals surface area contributed by atoms with Gasteiger partial charge in [-0.3, -0.25) is 4.79 Å². The van der Waals surface area contributed by atoms with Gasteiger partial charge in [0.15, 0.2) is 0 Å². The molecule has 3 nitrogen and oxygen atoms in total. The van der Waals surface area contributed by atoms with Crippen molar-refractivity contribution in [1.82, 2.24) is 4.90 Å². The molecular weight excluding hydrogens is 166 g/mol. The summed E-state index contributed by atoms with van der Waals surface area (Å²) >= 11 is 0. The van der Waals surface area contributed by atoms with Gasteiger partial charge in [-0.2, -0.15) is 0 Å². The van der Waals surface area contributed by atoms with Gasteiger partial charge < -0.3 is 10.0 Å². The third-order valence-corrected chi connectivity index (χ3v) is 2.85. The summed E-state index contributed by atoms with van der Waals surface area (Å²) in [6.45, 7) is 7.17. The summed E-state index contributed by atoms with van der Waals surface area (Å²) in [7, 11) is 0. The SMILES string of the molecule is CC(=O)N1CC(O)CC(C(C)C)C1. The highest BCUT2D eigenvalue weighted by atomic mass is 16.3. The molecule has 3 heteroatoms. The van der Waals surface area contributed by atoms with Crippen molar-refractivity contribution in [2.45, 2.75) is 33.3 Å². The molecule has 0 bridgehead atoms. The molecule has 13 heavy (non-hydrogen) atoms. The summed E-state index contributed by atoms with van der Waals surface area (Å²) in [5, 5.41) is 9.55. The van der Waals surface area contributed by atoms with Gasteiger partial charge in [-0.1, -0.05) is 13.8 Å². The second-order valence-electron chi connectivity index (χ2n) is 4.32. The maximum Gasteiger partial charge on any atom is 0.219 e. The van der Waals surface area contributed by atoms with Crippen LogP contribution in [-0.2, 0) is 4.79 Å². The average Bonchev–Trinajstić information content (AvgIpc) is 2.03. The number of rotatable bonds is 1. The lowest BCUT2D eigenvalue weighted by Crippen LogP contribution is -2.46. The van der Waals surface area contributed by atoms with Crippen LogP contribution >= 0.6 is 0 Å². The van der Waals surface area contributed by atoms with Crippen LogP contribution in [0.3, 0.4) is 0 Å². The van der Waals surface area contributed by atoms with E-state index in [1.807, 2.05) is 0 Å². The van der Waals surface area contributed by atoms with Gasteiger partial charge in [0.05, 0.1) is 6.10 Å². The van der Waals surface area contributed by atoms with Crippen LogP contribution in [0.2, 0.25) is 0 Å². The van der Waals surface area contributed by atoms with Crippen molar-refractivity contribution in [3.8, 4) is 0 Å². The van der Waals surface area contributed by atoms with E-state index >= 15 is 0 Å². The van der Waals surface area contributed by atoms with Gasteiger partial charge in [0.2, 0.25) is 5.91 Å². The van der Waals surface area contributed by atoms with Crippen molar-refractivity contribution in [2.24, 2.45) is 11.8 Å². The molecule has 1 aliphatic heterocycles. The summed E-state index contributed by atoms with van der Waals surface area (Å²) in [5.74, 6) is 1.06. The number of aliphatic hydroxyl groups is 1. The normalized spacial score (nSPS) is 29.5. The van der Waals surface area contributed by atoms with E-state index in [-0.39, 0.29) is 12.0 Å². The third kappa shape index (κ3) is 2.69. The lowest BCUT2D eigenvalue weighted by atomic mass is 9.86. The number of hydrogen-bond donors (Lipinski definition) is 1. The molecule has 0 spiro atoms. The first-order valence-electron chi connectivity index (χ1n) is 4.94. The molecule has 1 heterocycles. The monoisotopic (exact) mass is 185 g/mol. The second kappa shape index (κ2) is 4.09. The number of amides is 1. The molecule has 1 fully saturated rings. The Morgan fingerprint density at radius 2 is 2.08 bits per heavy atom. The molecule has 2 atom stereocenters. The molecule has 0 saturated carbocycles. The van der Waals surface area contributed by atoms with Crippen LogP contribution in [0.15, 0.2) is 0 Å². The molecule has 76 valence electrons. The highest BCUT2D eigenvalue weighted by Crippen LogP contribution is 2.23. The Balaban J connectivity index is 2.57. The fraction of sp³-hybridized carbons (Fsp3) is 0.900. The van der Waals surface area contributed by atoms with Gasteiger partial charge in [0.1, 0.15) is 0 Å². The zero-order valence-corrected chi connectivity index (χ0v) is 8.66. The van der Waals surface area contributed by atoms with E-state index in [9.17, 15) is 9.90 Å². The first kappa shape index (κ1) is 10.5. The minimum absolute atomic E-state index is 0.0735. The lowest BCUT2D eigenvalue weighted by molar-refractivity contribution is -0.133. The smallest absolute Gasteiger partial charge is 0.219 e. The van der Waals surface area contributed by atoms with Crippen molar-refractivity contribution >= 4 is 5.91 Å². The number of carbonyl (C=O) groups is 1.